The number of hydrogen-bond acceptors (Lipinski definition) is 9. The summed E-state index contributed by atoms with van der Waals surface area (Å²) in [5, 5.41) is 13.7. The van der Waals surface area contributed by atoms with E-state index in [1.54, 1.807) is 13.1 Å². The molecule has 246 valence electrons. The lowest BCUT2D eigenvalue weighted by Crippen LogP contribution is -2.47. The van der Waals surface area contributed by atoms with Crippen molar-refractivity contribution in [2.45, 2.75) is 88.4 Å². The van der Waals surface area contributed by atoms with E-state index in [4.69, 9.17) is 19.8 Å². The summed E-state index contributed by atoms with van der Waals surface area (Å²) in [6, 6.07) is -1.27. The van der Waals surface area contributed by atoms with E-state index in [9.17, 15) is 31.5 Å². The first-order chi connectivity index (χ1) is 21.4. The van der Waals surface area contributed by atoms with Gasteiger partial charge < -0.3 is 15.4 Å². The van der Waals surface area contributed by atoms with Gasteiger partial charge in [0.25, 0.3) is 11.7 Å². The van der Waals surface area contributed by atoms with E-state index in [0.717, 1.165) is 0 Å². The molecule has 1 saturated carbocycles. The quantitative estimate of drug-likeness (QED) is 0.391. The van der Waals surface area contributed by atoms with Crippen LogP contribution in [0.5, 0.6) is 0 Å². The maximum Gasteiger partial charge on any atom is 0.393 e. The average molecular weight is 643 g/mol. The molecule has 45 heavy (non-hydrogen) atoms. The summed E-state index contributed by atoms with van der Waals surface area (Å²) in [5.41, 5.74) is 3.93. The second-order valence-electron chi connectivity index (χ2n) is 12.4. The number of nitrogens with zero attached hydrogens (tertiary/aromatic N) is 5. The predicted molar refractivity (Wildman–Crippen MR) is 147 cm³/mol. The number of ether oxygens (including phenoxy) is 1. The molecule has 17 heteroatoms. The number of oxime groups is 1. The molecule has 3 fully saturated rings. The summed E-state index contributed by atoms with van der Waals surface area (Å²) in [4.78, 5) is 40.1. The number of nitrogens with one attached hydrogen (secondary N) is 3. The van der Waals surface area contributed by atoms with Gasteiger partial charge in [-0.15, -0.1) is 5.48 Å². The highest BCUT2D eigenvalue weighted by Crippen LogP contribution is 2.42. The van der Waals surface area contributed by atoms with Crippen molar-refractivity contribution in [3.05, 3.63) is 23.3 Å². The monoisotopic (exact) mass is 642 g/mol. The van der Waals surface area contributed by atoms with Gasteiger partial charge in [-0.1, -0.05) is 5.16 Å². The second kappa shape index (κ2) is 12.4. The van der Waals surface area contributed by atoms with Gasteiger partial charge in [0.05, 0.1) is 41.3 Å². The van der Waals surface area contributed by atoms with Crippen LogP contribution < -0.4 is 16.1 Å². The van der Waals surface area contributed by atoms with Crippen molar-refractivity contribution >= 4 is 23.3 Å². The molecule has 0 bridgehead atoms. The van der Waals surface area contributed by atoms with Gasteiger partial charge in [0.15, 0.2) is 5.71 Å². The van der Waals surface area contributed by atoms with Gasteiger partial charge in [0.1, 0.15) is 0 Å². The highest BCUT2D eigenvalue weighted by Gasteiger charge is 2.45. The molecular formula is C28H35F5N8O4. The number of aromatic nitrogens is 4. The number of rotatable bonds is 7. The van der Waals surface area contributed by atoms with Crippen molar-refractivity contribution in [3.63, 3.8) is 0 Å². The minimum atomic E-state index is -4.45. The number of fused-ring (bicyclic) bond motifs is 1. The van der Waals surface area contributed by atoms with E-state index < -0.39 is 54.4 Å². The Balaban J connectivity index is 1.34. The fourth-order valence-corrected chi connectivity index (χ4v) is 6.61. The summed E-state index contributed by atoms with van der Waals surface area (Å²) < 4.78 is 75.7. The molecule has 4 atom stereocenters. The molecule has 4 aliphatic rings. The van der Waals surface area contributed by atoms with Crippen molar-refractivity contribution in [3.8, 4) is 0 Å². The third-order valence-corrected chi connectivity index (χ3v) is 9.26. The van der Waals surface area contributed by atoms with Gasteiger partial charge in [-0.05, 0) is 44.9 Å². The number of piperidine rings is 1. The van der Waals surface area contributed by atoms with Crippen LogP contribution in [0.25, 0.3) is 5.78 Å². The third-order valence-electron chi connectivity index (χ3n) is 9.26. The van der Waals surface area contributed by atoms with Crippen LogP contribution in [0.1, 0.15) is 80.9 Å². The van der Waals surface area contributed by atoms with Crippen molar-refractivity contribution in [1.29, 1.82) is 0 Å². The summed E-state index contributed by atoms with van der Waals surface area (Å²) in [6.45, 7) is 2.16. The van der Waals surface area contributed by atoms with Crippen LogP contribution in [0.3, 0.4) is 0 Å². The van der Waals surface area contributed by atoms with Gasteiger partial charge in [0.2, 0.25) is 11.8 Å². The van der Waals surface area contributed by atoms with E-state index in [-0.39, 0.29) is 61.9 Å². The molecule has 2 aromatic rings. The van der Waals surface area contributed by atoms with Gasteiger partial charge in [-0.3, -0.25) is 14.5 Å². The van der Waals surface area contributed by atoms with Gasteiger partial charge >= 0.3 is 6.18 Å². The standard InChI is InChI=1S/C28H35F5N8O4/c1-14-21(40-45-39-14)25(43)36-23(15-2-6-27(29,30)7-3-15)20-13-41-26(35-20)37-22(16-4-8-44-9-5-16)19(38-41)11-17-10-18(28(31,32)33)12-34-24(17)42/h13-18,23,39H,2-12H2,1H3,(H,34,42)(H,36,43). The zero-order valence-corrected chi connectivity index (χ0v) is 24.6. The molecule has 1 aliphatic carbocycles. The summed E-state index contributed by atoms with van der Waals surface area (Å²) >= 11 is 0. The van der Waals surface area contributed by atoms with Crippen LogP contribution in [0, 0.1) is 17.8 Å². The third kappa shape index (κ3) is 6.88. The Morgan fingerprint density at radius 2 is 1.91 bits per heavy atom. The van der Waals surface area contributed by atoms with Gasteiger partial charge in [-0.2, -0.15) is 18.3 Å². The fraction of sp³-hybridized carbons (Fsp3) is 0.714. The van der Waals surface area contributed by atoms with Crippen LogP contribution in [0.15, 0.2) is 11.4 Å². The number of carbonyl (C=O) groups excluding carboxylic acids is 2. The molecule has 2 saturated heterocycles. The number of carbonyl (C=O) groups is 2. The fourth-order valence-electron chi connectivity index (χ4n) is 6.61. The Morgan fingerprint density at radius 3 is 2.58 bits per heavy atom. The van der Waals surface area contributed by atoms with E-state index in [1.165, 1.54) is 4.52 Å². The maximum absolute atomic E-state index is 14.1. The summed E-state index contributed by atoms with van der Waals surface area (Å²) in [7, 11) is 0. The Labute approximate surface area is 254 Å². The Morgan fingerprint density at radius 1 is 1.18 bits per heavy atom. The zero-order valence-electron chi connectivity index (χ0n) is 24.6. The van der Waals surface area contributed by atoms with Crippen LogP contribution in [0.2, 0.25) is 0 Å². The minimum absolute atomic E-state index is 0.0514. The molecule has 12 nitrogen and oxygen atoms in total. The number of amides is 2. The molecule has 3 N–H and O–H groups in total. The lowest BCUT2D eigenvalue weighted by molar-refractivity contribution is -0.183. The SMILES string of the molecule is CC1NON=C1C(=O)NC(c1cn2nc(CC3CC(C(F)(F)F)CNC3=O)c(C3CCOCC3)nc2n1)C1CCC(F)(F)CC1. The average Bonchev–Trinajstić information content (AvgIpc) is 3.62. The van der Waals surface area contributed by atoms with E-state index in [2.05, 4.69) is 26.3 Å². The van der Waals surface area contributed by atoms with Crippen molar-refractivity contribution in [2.24, 2.45) is 22.9 Å². The van der Waals surface area contributed by atoms with E-state index in [1.807, 2.05) is 0 Å². The molecule has 0 radical (unpaired) electrons. The maximum atomic E-state index is 14.1. The Bertz CT molecular complexity index is 1450. The first-order valence-electron chi connectivity index (χ1n) is 15.2. The molecule has 0 spiro atoms. The lowest BCUT2D eigenvalue weighted by Gasteiger charge is -2.33. The predicted octanol–water partition coefficient (Wildman–Crippen LogP) is 3.14. The first-order valence-corrected chi connectivity index (χ1v) is 15.2. The van der Waals surface area contributed by atoms with Crippen molar-refractivity contribution in [1.82, 2.24) is 35.7 Å². The minimum Gasteiger partial charge on any atom is -0.381 e. The number of imidazole rings is 1. The molecule has 3 aliphatic heterocycles. The normalized spacial score (nSPS) is 27.1. The second-order valence-corrected chi connectivity index (χ2v) is 12.4. The number of hydroxylamine groups is 1. The molecular weight excluding hydrogens is 607 g/mol. The molecule has 0 aromatic carbocycles. The van der Waals surface area contributed by atoms with Gasteiger partial charge in [0, 0.05) is 50.9 Å². The van der Waals surface area contributed by atoms with E-state index >= 15 is 0 Å². The number of halogens is 5. The number of alkyl halides is 5. The van der Waals surface area contributed by atoms with Crippen LogP contribution in [0.4, 0.5) is 22.0 Å². The van der Waals surface area contributed by atoms with Gasteiger partial charge in [-0.25, -0.2) is 23.3 Å². The van der Waals surface area contributed by atoms with Crippen molar-refractivity contribution in [2.75, 3.05) is 19.8 Å². The largest absolute Gasteiger partial charge is 0.393 e. The Hall–Kier alpha value is -3.47. The van der Waals surface area contributed by atoms with Crippen LogP contribution in [-0.4, -0.2) is 75.0 Å². The molecule has 5 heterocycles. The lowest BCUT2D eigenvalue weighted by atomic mass is 9.81. The van der Waals surface area contributed by atoms with Crippen LogP contribution >= 0.6 is 0 Å². The number of hydrogen-bond donors (Lipinski definition) is 3. The molecule has 4 unspecified atom stereocenters. The zero-order chi connectivity index (χ0) is 31.9. The molecule has 2 amide bonds. The van der Waals surface area contributed by atoms with Crippen LogP contribution in [-0.2, 0) is 25.7 Å². The summed E-state index contributed by atoms with van der Waals surface area (Å²) in [6.07, 6.45) is -2.49. The topological polar surface area (TPSA) is 144 Å². The van der Waals surface area contributed by atoms with E-state index in [0.29, 0.717) is 43.1 Å². The Kier molecular flexibility index (Phi) is 8.67. The highest BCUT2D eigenvalue weighted by atomic mass is 19.4. The van der Waals surface area contributed by atoms with Crippen molar-refractivity contribution < 1.29 is 41.2 Å². The summed E-state index contributed by atoms with van der Waals surface area (Å²) in [5.74, 6) is -6.72. The molecule has 6 rings (SSSR count). The molecule has 2 aromatic heterocycles. The highest BCUT2D eigenvalue weighted by molar-refractivity contribution is 6.40. The smallest absolute Gasteiger partial charge is 0.381 e. The first kappa shape index (κ1) is 31.5.